The van der Waals surface area contributed by atoms with Gasteiger partial charge in [0, 0.05) is 30.8 Å². The summed E-state index contributed by atoms with van der Waals surface area (Å²) in [4.78, 5) is 24.3. The van der Waals surface area contributed by atoms with Crippen LogP contribution < -0.4 is 15.0 Å². The fourth-order valence-corrected chi connectivity index (χ4v) is 4.06. The van der Waals surface area contributed by atoms with Crippen molar-refractivity contribution in [2.45, 2.75) is 32.7 Å². The van der Waals surface area contributed by atoms with Crippen LogP contribution >= 0.6 is 0 Å². The lowest BCUT2D eigenvalue weighted by Gasteiger charge is -2.32. The molecule has 3 aromatic rings. The standard InChI is InChI=1S/C26H30N4O2/c1-18-7-9-20(10-8-18)25-27-14-11-24(29-25)30-15-12-21(13-16-30)26(31)28-19(2)22-5-4-6-23(17-22)32-3/h4-11,14,17,19,21H,12-13,15-16H2,1-3H3,(H,28,31). The molecule has 1 saturated heterocycles. The molecule has 6 heteroatoms. The van der Waals surface area contributed by atoms with Crippen LogP contribution in [0.4, 0.5) is 5.82 Å². The maximum Gasteiger partial charge on any atom is 0.223 e. The third-order valence-corrected chi connectivity index (χ3v) is 6.09. The second-order valence-corrected chi connectivity index (χ2v) is 8.37. The van der Waals surface area contributed by atoms with Crippen molar-refractivity contribution in [3.05, 3.63) is 71.9 Å². The molecule has 0 saturated carbocycles. The zero-order valence-electron chi connectivity index (χ0n) is 18.9. The zero-order chi connectivity index (χ0) is 22.5. The lowest BCUT2D eigenvalue weighted by molar-refractivity contribution is -0.126. The minimum absolute atomic E-state index is 0.0118. The maximum atomic E-state index is 12.9. The molecule has 2 aromatic carbocycles. The molecule has 1 N–H and O–H groups in total. The van der Waals surface area contributed by atoms with Crippen molar-refractivity contribution in [2.75, 3.05) is 25.1 Å². The van der Waals surface area contributed by atoms with Gasteiger partial charge in [0.05, 0.1) is 13.2 Å². The molecule has 0 radical (unpaired) electrons. The lowest BCUT2D eigenvalue weighted by atomic mass is 9.95. The smallest absolute Gasteiger partial charge is 0.223 e. The van der Waals surface area contributed by atoms with Crippen molar-refractivity contribution in [3.8, 4) is 17.1 Å². The number of piperidine rings is 1. The number of carbonyl (C=O) groups is 1. The molecule has 1 atom stereocenters. The number of aryl methyl sites for hydroxylation is 1. The summed E-state index contributed by atoms with van der Waals surface area (Å²) in [6.45, 7) is 5.68. The zero-order valence-corrected chi connectivity index (χ0v) is 18.9. The Kier molecular flexibility index (Phi) is 6.69. The van der Waals surface area contributed by atoms with E-state index in [0.29, 0.717) is 0 Å². The largest absolute Gasteiger partial charge is 0.497 e. The predicted molar refractivity (Wildman–Crippen MR) is 127 cm³/mol. The van der Waals surface area contributed by atoms with E-state index in [-0.39, 0.29) is 17.9 Å². The number of carbonyl (C=O) groups excluding carboxylic acids is 1. The first-order valence-electron chi connectivity index (χ1n) is 11.1. The first-order chi connectivity index (χ1) is 15.5. The van der Waals surface area contributed by atoms with Gasteiger partial charge >= 0.3 is 0 Å². The van der Waals surface area contributed by atoms with Crippen LogP contribution in [0, 0.1) is 12.8 Å². The number of nitrogens with one attached hydrogen (secondary N) is 1. The first kappa shape index (κ1) is 21.8. The van der Waals surface area contributed by atoms with Crippen molar-refractivity contribution in [3.63, 3.8) is 0 Å². The van der Waals surface area contributed by atoms with E-state index >= 15 is 0 Å². The molecule has 1 unspecified atom stereocenters. The summed E-state index contributed by atoms with van der Waals surface area (Å²) in [7, 11) is 1.65. The number of methoxy groups -OCH3 is 1. The number of hydrogen-bond acceptors (Lipinski definition) is 5. The van der Waals surface area contributed by atoms with Gasteiger partial charge in [0.1, 0.15) is 11.6 Å². The Morgan fingerprint density at radius 2 is 1.88 bits per heavy atom. The summed E-state index contributed by atoms with van der Waals surface area (Å²) in [5.74, 6) is 2.57. The second kappa shape index (κ2) is 9.81. The fraction of sp³-hybridized carbons (Fsp3) is 0.346. The molecule has 0 spiro atoms. The summed E-state index contributed by atoms with van der Waals surface area (Å²) in [6.07, 6.45) is 3.42. The highest BCUT2D eigenvalue weighted by Gasteiger charge is 2.27. The summed E-state index contributed by atoms with van der Waals surface area (Å²) in [5, 5.41) is 3.17. The Hall–Kier alpha value is -3.41. The van der Waals surface area contributed by atoms with E-state index in [0.717, 1.165) is 54.4 Å². The number of anilines is 1. The van der Waals surface area contributed by atoms with E-state index in [1.165, 1.54) is 5.56 Å². The Bertz CT molecular complexity index is 1060. The van der Waals surface area contributed by atoms with Crippen LogP contribution in [0.3, 0.4) is 0 Å². The first-order valence-corrected chi connectivity index (χ1v) is 11.1. The van der Waals surface area contributed by atoms with Gasteiger partial charge in [0.2, 0.25) is 5.91 Å². The quantitative estimate of drug-likeness (QED) is 0.621. The summed E-state index contributed by atoms with van der Waals surface area (Å²) >= 11 is 0. The SMILES string of the molecule is COc1cccc(C(C)NC(=O)C2CCN(c3ccnc(-c4ccc(C)cc4)n3)CC2)c1. The highest BCUT2D eigenvalue weighted by atomic mass is 16.5. The molecule has 1 aliphatic heterocycles. The van der Waals surface area contributed by atoms with Crippen LogP contribution in [0.5, 0.6) is 5.75 Å². The maximum absolute atomic E-state index is 12.9. The topological polar surface area (TPSA) is 67.3 Å². The molecule has 166 valence electrons. The van der Waals surface area contributed by atoms with Crippen molar-refractivity contribution >= 4 is 11.7 Å². The Morgan fingerprint density at radius 3 is 2.59 bits per heavy atom. The number of hydrogen-bond donors (Lipinski definition) is 1. The molecular weight excluding hydrogens is 400 g/mol. The van der Waals surface area contributed by atoms with Crippen LogP contribution in [-0.2, 0) is 4.79 Å². The number of nitrogens with zero attached hydrogens (tertiary/aromatic N) is 3. The van der Waals surface area contributed by atoms with E-state index in [1.807, 2.05) is 43.5 Å². The van der Waals surface area contributed by atoms with Crippen molar-refractivity contribution in [2.24, 2.45) is 5.92 Å². The van der Waals surface area contributed by atoms with E-state index < -0.39 is 0 Å². The van der Waals surface area contributed by atoms with Gasteiger partial charge in [0.15, 0.2) is 5.82 Å². The average molecular weight is 431 g/mol. The van der Waals surface area contributed by atoms with Gasteiger partial charge in [-0.1, -0.05) is 42.0 Å². The van der Waals surface area contributed by atoms with E-state index in [1.54, 1.807) is 7.11 Å². The van der Waals surface area contributed by atoms with E-state index in [2.05, 4.69) is 46.4 Å². The van der Waals surface area contributed by atoms with Gasteiger partial charge in [-0.15, -0.1) is 0 Å². The molecule has 32 heavy (non-hydrogen) atoms. The number of aromatic nitrogens is 2. The van der Waals surface area contributed by atoms with Gasteiger partial charge in [-0.2, -0.15) is 0 Å². The third kappa shape index (κ3) is 5.07. The Labute approximate surface area is 189 Å². The second-order valence-electron chi connectivity index (χ2n) is 8.37. The summed E-state index contributed by atoms with van der Waals surface area (Å²) in [5.41, 5.74) is 3.27. The van der Waals surface area contributed by atoms with Crippen molar-refractivity contribution in [1.82, 2.24) is 15.3 Å². The minimum atomic E-state index is -0.0606. The molecule has 1 fully saturated rings. The third-order valence-electron chi connectivity index (χ3n) is 6.09. The Morgan fingerprint density at radius 1 is 1.12 bits per heavy atom. The van der Waals surface area contributed by atoms with Gasteiger partial charge in [0.25, 0.3) is 0 Å². The predicted octanol–water partition coefficient (Wildman–Crippen LogP) is 4.55. The van der Waals surface area contributed by atoms with Crippen LogP contribution in [0.1, 0.15) is 36.9 Å². The van der Waals surface area contributed by atoms with Crippen LogP contribution in [0.2, 0.25) is 0 Å². The number of benzene rings is 2. The molecular formula is C26H30N4O2. The van der Waals surface area contributed by atoms with Crippen molar-refractivity contribution < 1.29 is 9.53 Å². The fourth-order valence-electron chi connectivity index (χ4n) is 4.06. The number of rotatable bonds is 6. The number of ether oxygens (including phenoxy) is 1. The minimum Gasteiger partial charge on any atom is -0.497 e. The van der Waals surface area contributed by atoms with Gasteiger partial charge in [-0.25, -0.2) is 9.97 Å². The van der Waals surface area contributed by atoms with E-state index in [4.69, 9.17) is 9.72 Å². The molecule has 4 rings (SSSR count). The molecule has 1 aromatic heterocycles. The van der Waals surface area contributed by atoms with Gasteiger partial charge in [-0.3, -0.25) is 4.79 Å². The monoisotopic (exact) mass is 430 g/mol. The summed E-state index contributed by atoms with van der Waals surface area (Å²) < 4.78 is 5.29. The average Bonchev–Trinajstić information content (AvgIpc) is 2.84. The molecule has 0 aliphatic carbocycles. The van der Waals surface area contributed by atoms with Gasteiger partial charge < -0.3 is 15.0 Å². The van der Waals surface area contributed by atoms with Crippen LogP contribution in [0.25, 0.3) is 11.4 Å². The highest BCUT2D eigenvalue weighted by molar-refractivity contribution is 5.79. The lowest BCUT2D eigenvalue weighted by Crippen LogP contribution is -2.41. The summed E-state index contributed by atoms with van der Waals surface area (Å²) in [6, 6.07) is 18.0. The highest BCUT2D eigenvalue weighted by Crippen LogP contribution is 2.25. The van der Waals surface area contributed by atoms with E-state index in [9.17, 15) is 4.79 Å². The number of amides is 1. The normalized spacial score (nSPS) is 15.3. The van der Waals surface area contributed by atoms with Crippen LogP contribution in [0.15, 0.2) is 60.8 Å². The molecule has 1 amide bonds. The molecule has 2 heterocycles. The molecule has 6 nitrogen and oxygen atoms in total. The molecule has 0 bridgehead atoms. The van der Waals surface area contributed by atoms with Crippen molar-refractivity contribution in [1.29, 1.82) is 0 Å². The Balaban J connectivity index is 1.35. The van der Waals surface area contributed by atoms with Crippen LogP contribution in [-0.4, -0.2) is 36.1 Å². The van der Waals surface area contributed by atoms with Gasteiger partial charge in [-0.05, 0) is 50.5 Å². The molecule has 1 aliphatic rings.